The summed E-state index contributed by atoms with van der Waals surface area (Å²) in [6, 6.07) is 0. The van der Waals surface area contributed by atoms with Crippen molar-refractivity contribution in [2.75, 3.05) is 27.2 Å². The number of likely N-dealkylation sites (N-methyl/N-ethyl adjacent to an activating group) is 1. The molecule has 3 atom stereocenters. The van der Waals surface area contributed by atoms with Gasteiger partial charge in [-0.3, -0.25) is 0 Å². The molecule has 0 aliphatic carbocycles. The summed E-state index contributed by atoms with van der Waals surface area (Å²) in [5, 5.41) is 0. The number of rotatable bonds is 32. The summed E-state index contributed by atoms with van der Waals surface area (Å²) in [6.45, 7) is 6.11. The van der Waals surface area contributed by atoms with E-state index in [0.29, 0.717) is 6.61 Å². The summed E-state index contributed by atoms with van der Waals surface area (Å²) < 4.78 is 19.7. The molecule has 2 fully saturated rings. The zero-order valence-electron chi connectivity index (χ0n) is 32.3. The molecule has 0 aromatic carbocycles. The van der Waals surface area contributed by atoms with Crippen LogP contribution in [-0.4, -0.2) is 56.2 Å². The van der Waals surface area contributed by atoms with Crippen molar-refractivity contribution in [2.45, 2.75) is 205 Å². The van der Waals surface area contributed by atoms with Gasteiger partial charge >= 0.3 is 0 Å². The van der Waals surface area contributed by atoms with E-state index in [-0.39, 0.29) is 18.3 Å². The van der Waals surface area contributed by atoms with Crippen molar-refractivity contribution >= 4 is 0 Å². The lowest BCUT2D eigenvalue weighted by Gasteiger charge is -2.31. The normalized spacial score (nSPS) is 23.0. The lowest BCUT2D eigenvalue weighted by atomic mass is 9.98. The highest BCUT2D eigenvalue weighted by atomic mass is 16.8. The predicted molar refractivity (Wildman–Crippen MR) is 209 cm³/mol. The monoisotopic (exact) mass is 670 g/mol. The van der Waals surface area contributed by atoms with Crippen LogP contribution in [0.3, 0.4) is 0 Å². The number of ether oxygens (including phenoxy) is 3. The largest absolute Gasteiger partial charge is 0.371 e. The average Bonchev–Trinajstić information content (AvgIpc) is 3.62. The maximum Gasteiger partial charge on any atom is 0.169 e. The van der Waals surface area contributed by atoms with E-state index in [2.05, 4.69) is 81.5 Å². The Morgan fingerprint density at radius 1 is 0.521 bits per heavy atom. The molecule has 2 saturated heterocycles. The Morgan fingerprint density at radius 3 is 1.38 bits per heavy atom. The van der Waals surface area contributed by atoms with Crippen LogP contribution in [-0.2, 0) is 14.2 Å². The fourth-order valence-electron chi connectivity index (χ4n) is 7.09. The molecule has 2 rings (SSSR count). The van der Waals surface area contributed by atoms with Gasteiger partial charge in [-0.1, -0.05) is 140 Å². The Labute approximate surface area is 299 Å². The summed E-state index contributed by atoms with van der Waals surface area (Å²) in [7, 11) is 4.24. The van der Waals surface area contributed by atoms with Gasteiger partial charge in [0.2, 0.25) is 0 Å². The summed E-state index contributed by atoms with van der Waals surface area (Å²) in [5.41, 5.74) is 0. The minimum absolute atomic E-state index is 0.0848. The van der Waals surface area contributed by atoms with Crippen molar-refractivity contribution in [3.63, 3.8) is 0 Å². The highest BCUT2D eigenvalue weighted by Gasteiger charge is 2.53. The van der Waals surface area contributed by atoms with Gasteiger partial charge in [0.1, 0.15) is 12.2 Å². The van der Waals surface area contributed by atoms with E-state index in [1.165, 1.54) is 141 Å². The Bertz CT molecular complexity index is 798. The van der Waals surface area contributed by atoms with Crippen LogP contribution >= 0.6 is 0 Å². The SMILES string of the molecule is CCCCCC=CCC=CCCCCCCCCC1(CCCCCCCCC=CCC=CCCCCC)O[C@H]2COC(CN(C)C)[C@H]2O1. The van der Waals surface area contributed by atoms with Gasteiger partial charge in [-0.2, -0.15) is 0 Å². The van der Waals surface area contributed by atoms with Crippen molar-refractivity contribution in [1.82, 2.24) is 4.90 Å². The molecule has 278 valence electrons. The second kappa shape index (κ2) is 29.5. The fraction of sp³-hybridized carbons (Fsp3) is 0.818. The molecule has 0 radical (unpaired) electrons. The van der Waals surface area contributed by atoms with E-state index in [1.807, 2.05) is 0 Å². The van der Waals surface area contributed by atoms with Crippen molar-refractivity contribution in [3.05, 3.63) is 48.6 Å². The maximum atomic E-state index is 6.84. The van der Waals surface area contributed by atoms with Crippen LogP contribution in [0.25, 0.3) is 0 Å². The highest BCUT2D eigenvalue weighted by Crippen LogP contribution is 2.42. The van der Waals surface area contributed by atoms with Crippen LogP contribution in [0.2, 0.25) is 0 Å². The molecule has 4 nitrogen and oxygen atoms in total. The Morgan fingerprint density at radius 2 is 0.938 bits per heavy atom. The molecule has 0 N–H and O–H groups in total. The molecule has 0 spiro atoms. The van der Waals surface area contributed by atoms with Crippen LogP contribution in [0, 0.1) is 0 Å². The molecule has 2 aliphatic heterocycles. The topological polar surface area (TPSA) is 30.9 Å². The summed E-state index contributed by atoms with van der Waals surface area (Å²) in [6.07, 6.45) is 51.9. The third-order valence-electron chi connectivity index (χ3n) is 9.99. The Balaban J connectivity index is 1.59. The minimum atomic E-state index is -0.395. The van der Waals surface area contributed by atoms with E-state index in [0.717, 1.165) is 32.2 Å². The van der Waals surface area contributed by atoms with Crippen molar-refractivity contribution in [1.29, 1.82) is 0 Å². The molecule has 0 bridgehead atoms. The van der Waals surface area contributed by atoms with Crippen molar-refractivity contribution in [2.24, 2.45) is 0 Å². The number of allylic oxidation sites excluding steroid dienone is 8. The molecule has 48 heavy (non-hydrogen) atoms. The van der Waals surface area contributed by atoms with Gasteiger partial charge in [0.15, 0.2) is 5.79 Å². The molecule has 2 aliphatic rings. The fourth-order valence-corrected chi connectivity index (χ4v) is 7.09. The number of hydrogen-bond acceptors (Lipinski definition) is 4. The van der Waals surface area contributed by atoms with Crippen molar-refractivity contribution in [3.8, 4) is 0 Å². The quantitative estimate of drug-likeness (QED) is 0.0527. The molecular weight excluding hydrogens is 590 g/mol. The Kier molecular flexibility index (Phi) is 26.4. The van der Waals surface area contributed by atoms with Crippen LogP contribution in [0.1, 0.15) is 181 Å². The van der Waals surface area contributed by atoms with Crippen molar-refractivity contribution < 1.29 is 14.2 Å². The number of nitrogens with zero attached hydrogens (tertiary/aromatic N) is 1. The van der Waals surface area contributed by atoms with E-state index in [1.54, 1.807) is 0 Å². The van der Waals surface area contributed by atoms with Gasteiger partial charge in [0.25, 0.3) is 0 Å². The second-order valence-corrected chi connectivity index (χ2v) is 15.0. The van der Waals surface area contributed by atoms with E-state index >= 15 is 0 Å². The van der Waals surface area contributed by atoms with E-state index < -0.39 is 5.79 Å². The first-order valence-corrected chi connectivity index (χ1v) is 20.8. The van der Waals surface area contributed by atoms with Crippen LogP contribution in [0.15, 0.2) is 48.6 Å². The standard InChI is InChI=1S/C44H79NO3/c1-5-7-9-11-13-15-17-19-21-23-25-27-29-31-33-35-37-44(47-42-40-46-41(39-45(3)4)43(42)48-44)38-36-34-32-30-28-26-24-22-20-18-16-14-12-10-8-6-2/h13-16,19-22,41-43H,5-12,17-18,23-40H2,1-4H3/t41?,42-,43+,44?/m0/s1. The van der Waals surface area contributed by atoms with E-state index in [4.69, 9.17) is 14.2 Å². The van der Waals surface area contributed by atoms with Gasteiger partial charge in [-0.15, -0.1) is 0 Å². The molecule has 0 saturated carbocycles. The Hall–Kier alpha value is -1.20. The third-order valence-corrected chi connectivity index (χ3v) is 9.99. The molecule has 2 heterocycles. The lowest BCUT2D eigenvalue weighted by molar-refractivity contribution is -0.209. The van der Waals surface area contributed by atoms with Gasteiger partial charge in [0.05, 0.1) is 12.7 Å². The first-order chi connectivity index (χ1) is 23.6. The number of fused-ring (bicyclic) bond motifs is 1. The first kappa shape index (κ1) is 43.0. The first-order valence-electron chi connectivity index (χ1n) is 20.8. The molecule has 0 amide bonds. The lowest BCUT2D eigenvalue weighted by Crippen LogP contribution is -2.38. The average molecular weight is 670 g/mol. The van der Waals surface area contributed by atoms with Gasteiger partial charge < -0.3 is 19.1 Å². The molecular formula is C44H79NO3. The third kappa shape index (κ3) is 21.1. The predicted octanol–water partition coefficient (Wildman–Crippen LogP) is 12.8. The van der Waals surface area contributed by atoms with Crippen LogP contribution in [0.4, 0.5) is 0 Å². The number of unbranched alkanes of at least 4 members (excludes halogenated alkanes) is 18. The minimum Gasteiger partial charge on any atom is -0.371 e. The van der Waals surface area contributed by atoms with Crippen LogP contribution < -0.4 is 0 Å². The van der Waals surface area contributed by atoms with Gasteiger partial charge in [0, 0.05) is 19.4 Å². The van der Waals surface area contributed by atoms with Gasteiger partial charge in [-0.25, -0.2) is 0 Å². The molecule has 1 unspecified atom stereocenters. The summed E-state index contributed by atoms with van der Waals surface area (Å²) >= 11 is 0. The smallest absolute Gasteiger partial charge is 0.169 e. The molecule has 0 aromatic rings. The van der Waals surface area contributed by atoms with E-state index in [9.17, 15) is 0 Å². The molecule has 4 heteroatoms. The summed E-state index contributed by atoms with van der Waals surface area (Å²) in [5.74, 6) is -0.395. The van der Waals surface area contributed by atoms with Gasteiger partial charge in [-0.05, 0) is 91.1 Å². The zero-order chi connectivity index (χ0) is 34.4. The highest BCUT2D eigenvalue weighted by molar-refractivity contribution is 4.96. The van der Waals surface area contributed by atoms with Crippen LogP contribution in [0.5, 0.6) is 0 Å². The maximum absolute atomic E-state index is 6.84. The second-order valence-electron chi connectivity index (χ2n) is 15.0. The number of hydrogen-bond donors (Lipinski definition) is 0. The summed E-state index contributed by atoms with van der Waals surface area (Å²) in [4.78, 5) is 2.21. The molecule has 0 aromatic heterocycles. The zero-order valence-corrected chi connectivity index (χ0v) is 32.3.